The Morgan fingerprint density at radius 3 is 1.40 bits per heavy atom. The zero-order valence-electron chi connectivity index (χ0n) is 2.17. The van der Waals surface area contributed by atoms with Crippen LogP contribution in [-0.2, 0) is 19.4 Å². The molecule has 0 aliphatic carbocycles. The first-order valence-electron chi connectivity index (χ1n) is 0.516. The number of hydrogen-bond acceptors (Lipinski definition) is 3. The topological polar surface area (TPSA) is 54.4 Å². The summed E-state index contributed by atoms with van der Waals surface area (Å²) in [5, 5.41) is 0. The van der Waals surface area contributed by atoms with Crippen LogP contribution >= 0.6 is 0 Å². The summed E-state index contributed by atoms with van der Waals surface area (Å²) in [5.74, 6) is 0. The van der Waals surface area contributed by atoms with Gasteiger partial charge in [0.2, 0.25) is 0 Å². The predicted octanol–water partition coefficient (Wildman–Crippen LogP) is -0.612. The van der Waals surface area contributed by atoms with Crippen LogP contribution in [0.4, 0.5) is 0 Å². The van der Waals surface area contributed by atoms with Gasteiger partial charge in [-0.05, 0) is 0 Å². The summed E-state index contributed by atoms with van der Waals surface area (Å²) >= 11 is 0. The Morgan fingerprint density at radius 2 is 1.40 bits per heavy atom. The standard InChI is InChI=1S/HO3S.Pb/c1-4(2)3;/h(H,1,2,3);/q-1;. The third-order valence-corrected chi connectivity index (χ3v) is 0. The molecule has 0 fully saturated rings. The minimum Gasteiger partial charge on any atom is -0.439 e. The van der Waals surface area contributed by atoms with Crippen molar-refractivity contribution in [3.8, 4) is 0 Å². The molecule has 0 atom stereocenters. The average Bonchev–Trinajstić information content (AvgIpc) is 0.811. The van der Waals surface area contributed by atoms with Crippen LogP contribution in [0.1, 0.15) is 0 Å². The van der Waals surface area contributed by atoms with E-state index in [1.54, 1.807) is 0 Å². The van der Waals surface area contributed by atoms with Crippen molar-refractivity contribution < 1.29 is 13.0 Å². The van der Waals surface area contributed by atoms with Crippen LogP contribution < -0.4 is 0 Å². The summed E-state index contributed by atoms with van der Waals surface area (Å²) in [4.78, 5) is 0. The normalized spacial score (nSPS) is 6.80. The smallest absolute Gasteiger partial charge is 0.0495 e. The summed E-state index contributed by atoms with van der Waals surface area (Å²) < 4.78 is 24.1. The molecule has 0 spiro atoms. The maximum Gasteiger partial charge on any atom is 0.0495 e. The summed E-state index contributed by atoms with van der Waals surface area (Å²) in [6.45, 7) is 0. The van der Waals surface area contributed by atoms with Gasteiger partial charge in [0, 0.05) is 38.3 Å². The molecule has 0 aliphatic heterocycles. The summed E-state index contributed by atoms with van der Waals surface area (Å²) in [5.41, 5.74) is 0. The van der Waals surface area contributed by atoms with E-state index in [-0.39, 0.29) is 27.3 Å². The van der Waals surface area contributed by atoms with Crippen LogP contribution in [0.5, 0.6) is 0 Å². The molecular weight excluding hydrogens is 287 g/mol. The minimum atomic E-state index is -2.86. The van der Waals surface area contributed by atoms with E-state index in [0.29, 0.717) is 0 Å². The predicted molar refractivity (Wildman–Crippen MR) is 17.1 cm³/mol. The van der Waals surface area contributed by atoms with Crippen LogP contribution in [0.25, 0.3) is 0 Å². The number of hydrogen-bond donors (Lipinski definition) is 1. The Labute approximate surface area is 51.3 Å². The molecule has 0 heterocycles. The van der Waals surface area contributed by atoms with Gasteiger partial charge in [-0.15, -0.1) is 0 Å². The van der Waals surface area contributed by atoms with Crippen molar-refractivity contribution in [2.75, 3.05) is 0 Å². The first-order chi connectivity index (χ1) is 1.73. The second-order valence-electron chi connectivity index (χ2n) is 0.217. The van der Waals surface area contributed by atoms with E-state index in [1.807, 2.05) is 0 Å². The molecule has 5 heteroatoms. The Morgan fingerprint density at radius 1 is 1.40 bits per heavy atom. The molecule has 0 aromatic rings. The molecule has 0 aromatic heterocycles. The van der Waals surface area contributed by atoms with E-state index in [2.05, 4.69) is 0 Å². The molecule has 0 aromatic carbocycles. The molecule has 4 radical (unpaired) electrons. The van der Waals surface area contributed by atoms with E-state index in [0.717, 1.165) is 0 Å². The molecule has 5 heavy (non-hydrogen) atoms. The van der Waals surface area contributed by atoms with Crippen molar-refractivity contribution in [1.82, 2.24) is 0 Å². The third-order valence-electron chi connectivity index (χ3n) is 0. The maximum absolute atomic E-state index is 8.56. The third kappa shape index (κ3) is 56.0. The van der Waals surface area contributed by atoms with Crippen LogP contribution in [0.3, 0.4) is 0 Å². The maximum atomic E-state index is 8.56. The molecule has 0 amide bonds. The molecule has 0 aliphatic rings. The Hall–Kier alpha value is 0.832. The average molecular weight is 288 g/mol. The van der Waals surface area contributed by atoms with Gasteiger partial charge in [0.15, 0.2) is 0 Å². The van der Waals surface area contributed by atoms with Gasteiger partial charge in [-0.2, -0.15) is 0 Å². The van der Waals surface area contributed by atoms with Gasteiger partial charge in [0.1, 0.15) is 0 Å². The summed E-state index contributed by atoms with van der Waals surface area (Å²) in [6.07, 6.45) is 0. The fourth-order valence-corrected chi connectivity index (χ4v) is 0. The zero-order chi connectivity index (χ0) is 3.58. The fraction of sp³-hybridized carbons (Fsp3) is 0. The minimum absolute atomic E-state index is 0. The van der Waals surface area contributed by atoms with Crippen LogP contribution in [-0.4, -0.2) is 31.9 Å². The monoisotopic (exact) mass is 289 g/mol. The van der Waals surface area contributed by atoms with E-state index in [1.165, 1.54) is 0 Å². The number of rotatable bonds is 0. The van der Waals surface area contributed by atoms with Gasteiger partial charge in [0.05, 0.1) is 0 Å². The molecule has 30 valence electrons. The molecule has 3 nitrogen and oxygen atoms in total. The summed E-state index contributed by atoms with van der Waals surface area (Å²) in [7, 11) is -2.86. The zero-order valence-corrected chi connectivity index (χ0v) is 6.88. The van der Waals surface area contributed by atoms with E-state index < -0.39 is 11.0 Å². The molecule has 0 saturated heterocycles. The second-order valence-corrected chi connectivity index (χ2v) is 0.651. The van der Waals surface area contributed by atoms with Gasteiger partial charge in [0.25, 0.3) is 0 Å². The van der Waals surface area contributed by atoms with Gasteiger partial charge in [-0.1, -0.05) is 0 Å². The molecule has 0 rings (SSSR count). The van der Waals surface area contributed by atoms with Crippen molar-refractivity contribution in [3.63, 3.8) is 0 Å². The Bertz CT molecular complexity index is 55.3. The van der Waals surface area contributed by atoms with Gasteiger partial charge in [-0.3, -0.25) is 0 Å². The first-order valence-corrected chi connectivity index (χ1v) is 1.55. The quantitative estimate of drug-likeness (QED) is 0.280. The van der Waals surface area contributed by atoms with Gasteiger partial charge >= 0.3 is 0 Å². The van der Waals surface area contributed by atoms with Gasteiger partial charge < -0.3 is 13.0 Å². The largest absolute Gasteiger partial charge is 0.439 e. The second kappa shape index (κ2) is 4.83. The van der Waals surface area contributed by atoms with Crippen molar-refractivity contribution >= 4 is 38.3 Å². The fourth-order valence-electron chi connectivity index (χ4n) is 0. The van der Waals surface area contributed by atoms with Crippen LogP contribution in [0.2, 0.25) is 0 Å². The van der Waals surface area contributed by atoms with Crippen LogP contribution in [0, 0.1) is 0 Å². The van der Waals surface area contributed by atoms with Crippen molar-refractivity contribution in [2.24, 2.45) is 0 Å². The summed E-state index contributed by atoms with van der Waals surface area (Å²) in [6, 6.07) is 0. The molecule has 0 bridgehead atoms. The first kappa shape index (κ1) is 9.27. The van der Waals surface area contributed by atoms with Crippen molar-refractivity contribution in [2.45, 2.75) is 0 Å². The molecular formula is HO3PbS-. The molecule has 0 saturated carbocycles. The van der Waals surface area contributed by atoms with Crippen molar-refractivity contribution in [1.29, 1.82) is 0 Å². The van der Waals surface area contributed by atoms with E-state index in [4.69, 9.17) is 13.0 Å². The van der Waals surface area contributed by atoms with E-state index in [9.17, 15) is 0 Å². The van der Waals surface area contributed by atoms with Gasteiger partial charge in [-0.25, -0.2) is 0 Å². The Kier molecular flexibility index (Phi) is 8.96. The Balaban J connectivity index is 0. The molecule has 1 N–H and O–H groups in total. The molecule has 0 unspecified atom stereocenters. The van der Waals surface area contributed by atoms with Crippen LogP contribution in [0.15, 0.2) is 0 Å². The SMILES string of the molecule is O=[S-](=O)O.[Pb]. The van der Waals surface area contributed by atoms with E-state index >= 15 is 0 Å². The van der Waals surface area contributed by atoms with Crippen molar-refractivity contribution in [3.05, 3.63) is 0 Å².